The van der Waals surface area contributed by atoms with Gasteiger partial charge in [-0.3, -0.25) is 9.59 Å². The zero-order valence-corrected chi connectivity index (χ0v) is 34.9. The van der Waals surface area contributed by atoms with E-state index in [1.807, 2.05) is 0 Å². The van der Waals surface area contributed by atoms with E-state index < -0.39 is 36.7 Å². The molecule has 2 aromatic carbocycles. The van der Waals surface area contributed by atoms with Crippen LogP contribution in [-0.2, 0) is 41.6 Å². The second-order valence-electron chi connectivity index (χ2n) is 15.4. The summed E-state index contributed by atoms with van der Waals surface area (Å²) in [5.41, 5.74) is 3.68. The number of allylic oxidation sites excluding steroid dienone is 4. The van der Waals surface area contributed by atoms with Crippen molar-refractivity contribution in [2.45, 2.75) is 110 Å². The topological polar surface area (TPSA) is 154 Å². The zero-order chi connectivity index (χ0) is 41.2. The van der Waals surface area contributed by atoms with E-state index in [2.05, 4.69) is 13.8 Å². The first-order chi connectivity index (χ1) is 26.4. The van der Waals surface area contributed by atoms with Gasteiger partial charge in [-0.1, -0.05) is 73.1 Å². The van der Waals surface area contributed by atoms with Gasteiger partial charge < -0.3 is 24.4 Å². The third-order valence-electron chi connectivity index (χ3n) is 11.3. The SMILES string of the molecule is CCCC12CCC(=O)C=C1c1c(cc(OCC(=O)O)c(Cl)c1Cl)CC2.CCCC12CCC(=O)C=C1c1c(cc(OCC(=O)OC(C)(C)C(=O)O)c(Cl)c1Cl)CC2. The Labute approximate surface area is 346 Å². The summed E-state index contributed by atoms with van der Waals surface area (Å²) in [6.07, 6.45) is 13.6. The summed E-state index contributed by atoms with van der Waals surface area (Å²) in [5.74, 6) is -2.47. The van der Waals surface area contributed by atoms with Gasteiger partial charge in [0.05, 0.1) is 10.0 Å². The molecule has 0 aliphatic heterocycles. The molecule has 2 aromatic rings. The number of aryl methyl sites for hydroxylation is 2. The van der Waals surface area contributed by atoms with Crippen molar-refractivity contribution in [2.75, 3.05) is 13.2 Å². The Balaban J connectivity index is 0.000000219. The predicted octanol–water partition coefficient (Wildman–Crippen LogP) is 10.2. The highest BCUT2D eigenvalue weighted by Gasteiger charge is 2.44. The largest absolute Gasteiger partial charge is 0.480 e. The van der Waals surface area contributed by atoms with Crippen LogP contribution in [0.2, 0.25) is 20.1 Å². The molecule has 302 valence electrons. The maximum Gasteiger partial charge on any atom is 0.347 e. The van der Waals surface area contributed by atoms with E-state index in [0.29, 0.717) is 22.9 Å². The third-order valence-corrected chi connectivity index (χ3v) is 13.0. The second kappa shape index (κ2) is 17.5. The number of rotatable bonds is 12. The van der Waals surface area contributed by atoms with E-state index >= 15 is 0 Å². The molecular weight excluding hydrogens is 806 g/mol. The monoisotopic (exact) mass is 850 g/mol. The van der Waals surface area contributed by atoms with Crippen molar-refractivity contribution in [1.82, 2.24) is 0 Å². The highest BCUT2D eigenvalue weighted by atomic mass is 35.5. The highest BCUT2D eigenvalue weighted by Crippen LogP contribution is 2.58. The smallest absolute Gasteiger partial charge is 0.347 e. The number of aliphatic carboxylic acids is 2. The molecule has 56 heavy (non-hydrogen) atoms. The number of carbonyl (C=O) groups excluding carboxylic acids is 3. The number of hydrogen-bond donors (Lipinski definition) is 2. The average molecular weight is 853 g/mol. The molecule has 6 rings (SSSR count). The quantitative estimate of drug-likeness (QED) is 0.197. The molecule has 14 heteroatoms. The first kappa shape index (κ1) is 43.6. The summed E-state index contributed by atoms with van der Waals surface area (Å²) >= 11 is 26.0. The number of halogens is 4. The van der Waals surface area contributed by atoms with E-state index in [1.54, 1.807) is 24.3 Å². The molecule has 0 saturated heterocycles. The number of carbonyl (C=O) groups is 5. The zero-order valence-electron chi connectivity index (χ0n) is 31.9. The van der Waals surface area contributed by atoms with Crippen molar-refractivity contribution in [3.05, 3.63) is 66.6 Å². The van der Waals surface area contributed by atoms with E-state index in [0.717, 1.165) is 97.6 Å². The lowest BCUT2D eigenvalue weighted by atomic mass is 9.61. The van der Waals surface area contributed by atoms with Crippen LogP contribution in [0.5, 0.6) is 11.5 Å². The Morgan fingerprint density at radius 1 is 0.679 bits per heavy atom. The first-order valence-electron chi connectivity index (χ1n) is 18.8. The van der Waals surface area contributed by atoms with Crippen molar-refractivity contribution in [3.63, 3.8) is 0 Å². The molecule has 2 N–H and O–H groups in total. The Morgan fingerprint density at radius 2 is 1.09 bits per heavy atom. The Bertz CT molecular complexity index is 2020. The van der Waals surface area contributed by atoms with Crippen LogP contribution in [0, 0.1) is 10.8 Å². The number of benzene rings is 2. The number of ketones is 2. The minimum absolute atomic E-state index is 0.0218. The fourth-order valence-electron chi connectivity index (χ4n) is 8.56. The summed E-state index contributed by atoms with van der Waals surface area (Å²) in [5, 5.41) is 18.9. The number of carboxylic acids is 2. The van der Waals surface area contributed by atoms with E-state index in [4.69, 9.17) is 70.8 Å². The number of esters is 1. The van der Waals surface area contributed by atoms with E-state index in [1.165, 1.54) is 13.8 Å². The maximum absolute atomic E-state index is 12.2. The maximum atomic E-state index is 12.2. The summed E-state index contributed by atoms with van der Waals surface area (Å²) in [7, 11) is 0. The van der Waals surface area contributed by atoms with Gasteiger partial charge in [-0.25, -0.2) is 14.4 Å². The molecule has 0 fully saturated rings. The van der Waals surface area contributed by atoms with Crippen LogP contribution in [0.4, 0.5) is 0 Å². The number of hydrogen-bond acceptors (Lipinski definition) is 8. The third kappa shape index (κ3) is 8.94. The molecule has 0 spiro atoms. The standard InChI is InChI=1S/C23H26Cl2O6.C19H20Cl2O4/c1-4-7-23-8-5-13-10-16(30-12-17(27)31-22(2,3)21(28)29)19(24)20(25)18(13)15(23)11-14(26)6-9-23;1-2-5-19-6-3-11-8-14(25-10-15(23)24)17(20)18(21)16(11)13(19)9-12(22)4-7-19/h10-11H,4-9,12H2,1-3H3,(H,28,29);8-9H,2-7,10H2,1H3,(H,23,24). The summed E-state index contributed by atoms with van der Waals surface area (Å²) in [6, 6.07) is 3.51. The van der Waals surface area contributed by atoms with Crippen molar-refractivity contribution < 1.29 is 48.4 Å². The molecular formula is C42H46Cl4O10. The molecule has 2 atom stereocenters. The van der Waals surface area contributed by atoms with E-state index in [9.17, 15) is 24.0 Å². The van der Waals surface area contributed by atoms with Gasteiger partial charge in [0.25, 0.3) is 0 Å². The van der Waals surface area contributed by atoms with Crippen LogP contribution in [0.15, 0.2) is 24.3 Å². The van der Waals surface area contributed by atoms with Crippen LogP contribution in [0.3, 0.4) is 0 Å². The lowest BCUT2D eigenvalue weighted by Crippen LogP contribution is -2.38. The fraction of sp³-hybridized carbons (Fsp3) is 0.500. The Morgan fingerprint density at radius 3 is 1.48 bits per heavy atom. The van der Waals surface area contributed by atoms with Gasteiger partial charge in [-0.2, -0.15) is 0 Å². The Kier molecular flexibility index (Phi) is 13.6. The lowest BCUT2D eigenvalue weighted by molar-refractivity contribution is -0.175. The van der Waals surface area contributed by atoms with Gasteiger partial charge in [0.15, 0.2) is 24.8 Å². The Hall–Kier alpha value is -3.57. The normalized spacial score (nSPS) is 21.1. The minimum atomic E-state index is -1.67. The second-order valence-corrected chi connectivity index (χ2v) is 17.0. The average Bonchev–Trinajstić information content (AvgIpc) is 3.14. The fourth-order valence-corrected chi connectivity index (χ4v) is 9.60. The van der Waals surface area contributed by atoms with Crippen LogP contribution in [0.1, 0.15) is 114 Å². The van der Waals surface area contributed by atoms with Crippen molar-refractivity contribution in [2.24, 2.45) is 10.8 Å². The molecule has 0 bridgehead atoms. The molecule has 0 amide bonds. The molecule has 4 aliphatic carbocycles. The van der Waals surface area contributed by atoms with Gasteiger partial charge in [0.2, 0.25) is 5.60 Å². The van der Waals surface area contributed by atoms with Crippen molar-refractivity contribution in [1.29, 1.82) is 0 Å². The van der Waals surface area contributed by atoms with Crippen LogP contribution in [0.25, 0.3) is 11.1 Å². The first-order valence-corrected chi connectivity index (χ1v) is 20.3. The molecule has 0 saturated carbocycles. The molecule has 2 unspecified atom stereocenters. The number of carboxylic acid groups (broad SMARTS) is 2. The molecule has 4 aliphatic rings. The molecule has 10 nitrogen and oxygen atoms in total. The van der Waals surface area contributed by atoms with Gasteiger partial charge in [-0.15, -0.1) is 0 Å². The van der Waals surface area contributed by atoms with E-state index in [-0.39, 0.29) is 43.9 Å². The predicted molar refractivity (Wildman–Crippen MR) is 215 cm³/mol. The molecule has 0 heterocycles. The molecule has 0 aromatic heterocycles. The van der Waals surface area contributed by atoms with Crippen LogP contribution >= 0.6 is 46.4 Å². The minimum Gasteiger partial charge on any atom is -0.480 e. The van der Waals surface area contributed by atoms with Crippen molar-refractivity contribution >= 4 is 87.0 Å². The lowest BCUT2D eigenvalue weighted by Gasteiger charge is -2.43. The number of fused-ring (bicyclic) bond motifs is 6. The summed E-state index contributed by atoms with van der Waals surface area (Å²) in [4.78, 5) is 58.2. The van der Waals surface area contributed by atoms with Crippen molar-refractivity contribution in [3.8, 4) is 11.5 Å². The van der Waals surface area contributed by atoms with Gasteiger partial charge in [-0.05, 0) is 123 Å². The molecule has 0 radical (unpaired) electrons. The van der Waals surface area contributed by atoms with Gasteiger partial charge in [0.1, 0.15) is 21.5 Å². The van der Waals surface area contributed by atoms with Gasteiger partial charge >= 0.3 is 17.9 Å². The summed E-state index contributed by atoms with van der Waals surface area (Å²) < 4.78 is 15.7. The van der Waals surface area contributed by atoms with Crippen LogP contribution < -0.4 is 9.47 Å². The number of ether oxygens (including phenoxy) is 3. The van der Waals surface area contributed by atoms with Gasteiger partial charge in [0, 0.05) is 24.0 Å². The van der Waals surface area contributed by atoms with Crippen LogP contribution in [-0.4, -0.2) is 58.5 Å². The summed E-state index contributed by atoms with van der Waals surface area (Å²) in [6.45, 7) is 5.85. The highest BCUT2D eigenvalue weighted by molar-refractivity contribution is 6.45.